The molecule has 1 heterocycles. The zero-order valence-corrected chi connectivity index (χ0v) is 11.2. The van der Waals surface area contributed by atoms with Gasteiger partial charge in [-0.3, -0.25) is 0 Å². The summed E-state index contributed by atoms with van der Waals surface area (Å²) in [6, 6.07) is 8.88. The lowest BCUT2D eigenvalue weighted by Gasteiger charge is -2.15. The molecule has 1 unspecified atom stereocenters. The van der Waals surface area contributed by atoms with Gasteiger partial charge in [-0.1, -0.05) is 17.7 Å². The van der Waals surface area contributed by atoms with Gasteiger partial charge in [0.05, 0.1) is 10.4 Å². The van der Waals surface area contributed by atoms with Crippen LogP contribution in [0.25, 0.3) is 0 Å². The normalized spacial score (nSPS) is 12.7. The second-order valence-electron chi connectivity index (χ2n) is 3.93. The van der Waals surface area contributed by atoms with Crippen LogP contribution in [0.4, 0.5) is 4.39 Å². The SMILES string of the molecule is CNC(c1cc(C)cc(F)c1)c1ccc(Cl)s1. The van der Waals surface area contributed by atoms with Crippen molar-refractivity contribution in [2.45, 2.75) is 13.0 Å². The molecule has 0 amide bonds. The van der Waals surface area contributed by atoms with E-state index >= 15 is 0 Å². The number of thiophene rings is 1. The predicted octanol–water partition coefficient (Wildman–Crippen LogP) is 4.16. The summed E-state index contributed by atoms with van der Waals surface area (Å²) in [5.41, 5.74) is 1.84. The van der Waals surface area contributed by atoms with Gasteiger partial charge < -0.3 is 5.32 Å². The number of hydrogen-bond donors (Lipinski definition) is 1. The van der Waals surface area contributed by atoms with Crippen LogP contribution < -0.4 is 5.32 Å². The number of benzene rings is 1. The molecule has 0 aliphatic carbocycles. The highest BCUT2D eigenvalue weighted by Gasteiger charge is 2.15. The van der Waals surface area contributed by atoms with Gasteiger partial charge in [0.2, 0.25) is 0 Å². The molecule has 1 aromatic carbocycles. The van der Waals surface area contributed by atoms with Crippen molar-refractivity contribution in [3.8, 4) is 0 Å². The molecule has 1 atom stereocenters. The molecule has 0 bridgehead atoms. The van der Waals surface area contributed by atoms with Crippen LogP contribution >= 0.6 is 22.9 Å². The topological polar surface area (TPSA) is 12.0 Å². The van der Waals surface area contributed by atoms with Crippen molar-refractivity contribution in [3.63, 3.8) is 0 Å². The zero-order chi connectivity index (χ0) is 12.4. The summed E-state index contributed by atoms with van der Waals surface area (Å²) < 4.78 is 14.1. The lowest BCUT2D eigenvalue weighted by atomic mass is 10.0. The van der Waals surface area contributed by atoms with E-state index in [1.165, 1.54) is 17.4 Å². The molecular weight excluding hydrogens is 257 g/mol. The van der Waals surface area contributed by atoms with Crippen LogP contribution in [0.1, 0.15) is 22.0 Å². The molecule has 0 aliphatic rings. The predicted molar refractivity (Wildman–Crippen MR) is 71.4 cm³/mol. The molecular formula is C13H13ClFNS. The first-order valence-electron chi connectivity index (χ1n) is 5.29. The number of aryl methyl sites for hydroxylation is 1. The van der Waals surface area contributed by atoms with Gasteiger partial charge in [0.25, 0.3) is 0 Å². The van der Waals surface area contributed by atoms with Crippen molar-refractivity contribution in [3.05, 3.63) is 56.5 Å². The third kappa shape index (κ3) is 2.86. The van der Waals surface area contributed by atoms with E-state index in [2.05, 4.69) is 5.32 Å². The summed E-state index contributed by atoms with van der Waals surface area (Å²) in [6.45, 7) is 1.89. The molecule has 1 aromatic heterocycles. The molecule has 2 rings (SSSR count). The van der Waals surface area contributed by atoms with Gasteiger partial charge in [-0.2, -0.15) is 0 Å². The van der Waals surface area contributed by atoms with Crippen LogP contribution in [-0.4, -0.2) is 7.05 Å². The van der Waals surface area contributed by atoms with Crippen molar-refractivity contribution in [2.75, 3.05) is 7.05 Å². The fourth-order valence-corrected chi connectivity index (χ4v) is 3.09. The van der Waals surface area contributed by atoms with Crippen molar-refractivity contribution >= 4 is 22.9 Å². The number of halogens is 2. The largest absolute Gasteiger partial charge is 0.309 e. The minimum atomic E-state index is -0.206. The Morgan fingerprint density at radius 3 is 2.59 bits per heavy atom. The lowest BCUT2D eigenvalue weighted by molar-refractivity contribution is 0.616. The minimum Gasteiger partial charge on any atom is -0.309 e. The highest BCUT2D eigenvalue weighted by Crippen LogP contribution is 2.31. The molecule has 1 N–H and O–H groups in total. The van der Waals surface area contributed by atoms with E-state index in [0.717, 1.165) is 20.3 Å². The standard InChI is InChI=1S/C13H13ClFNS/c1-8-5-9(7-10(15)6-8)13(16-2)11-3-4-12(14)17-11/h3-7,13,16H,1-2H3. The Hall–Kier alpha value is -0.900. The van der Waals surface area contributed by atoms with E-state index in [0.29, 0.717) is 0 Å². The molecule has 0 saturated heterocycles. The van der Waals surface area contributed by atoms with E-state index in [1.54, 1.807) is 6.07 Å². The molecule has 1 nitrogen and oxygen atoms in total. The number of nitrogens with one attached hydrogen (secondary N) is 1. The fourth-order valence-electron chi connectivity index (χ4n) is 1.89. The Balaban J connectivity index is 2.41. The summed E-state index contributed by atoms with van der Waals surface area (Å²) in [6.07, 6.45) is 0. The van der Waals surface area contributed by atoms with Crippen molar-refractivity contribution in [2.24, 2.45) is 0 Å². The van der Waals surface area contributed by atoms with Crippen molar-refractivity contribution < 1.29 is 4.39 Å². The van der Waals surface area contributed by atoms with Crippen LogP contribution in [0, 0.1) is 12.7 Å². The molecule has 0 radical (unpaired) electrons. The average molecular weight is 270 g/mol. The van der Waals surface area contributed by atoms with Gasteiger partial charge in [0.1, 0.15) is 5.82 Å². The van der Waals surface area contributed by atoms with E-state index in [1.807, 2.05) is 32.2 Å². The van der Waals surface area contributed by atoms with E-state index in [9.17, 15) is 4.39 Å². The van der Waals surface area contributed by atoms with Gasteiger partial charge in [-0.05, 0) is 49.4 Å². The van der Waals surface area contributed by atoms with Gasteiger partial charge in [-0.15, -0.1) is 11.3 Å². The molecule has 0 saturated carbocycles. The summed E-state index contributed by atoms with van der Waals surface area (Å²) in [5.74, 6) is -0.206. The van der Waals surface area contributed by atoms with Crippen LogP contribution in [0.5, 0.6) is 0 Å². The Morgan fingerprint density at radius 2 is 2.06 bits per heavy atom. The first-order chi connectivity index (χ1) is 8.10. The van der Waals surface area contributed by atoms with E-state index in [-0.39, 0.29) is 11.9 Å². The molecule has 0 aliphatic heterocycles. The second kappa shape index (κ2) is 5.17. The molecule has 0 fully saturated rings. The quantitative estimate of drug-likeness (QED) is 0.882. The third-order valence-electron chi connectivity index (χ3n) is 2.56. The van der Waals surface area contributed by atoms with Crippen LogP contribution in [0.2, 0.25) is 4.34 Å². The van der Waals surface area contributed by atoms with Crippen molar-refractivity contribution in [1.82, 2.24) is 5.32 Å². The van der Waals surface area contributed by atoms with Crippen molar-refractivity contribution in [1.29, 1.82) is 0 Å². The van der Waals surface area contributed by atoms with E-state index in [4.69, 9.17) is 11.6 Å². The molecule has 2 aromatic rings. The van der Waals surface area contributed by atoms with Gasteiger partial charge >= 0.3 is 0 Å². The van der Waals surface area contributed by atoms with E-state index < -0.39 is 0 Å². The second-order valence-corrected chi connectivity index (χ2v) is 5.67. The Bertz CT molecular complexity index is 504. The maximum atomic E-state index is 13.4. The van der Waals surface area contributed by atoms with Crippen LogP contribution in [0.15, 0.2) is 30.3 Å². The lowest BCUT2D eigenvalue weighted by Crippen LogP contribution is -2.16. The first-order valence-corrected chi connectivity index (χ1v) is 6.49. The summed E-state index contributed by atoms with van der Waals surface area (Å²) in [7, 11) is 1.86. The van der Waals surface area contributed by atoms with Gasteiger partial charge in [-0.25, -0.2) is 4.39 Å². The summed E-state index contributed by atoms with van der Waals surface area (Å²) in [5, 5.41) is 3.19. The molecule has 90 valence electrons. The Morgan fingerprint density at radius 1 is 1.29 bits per heavy atom. The molecule has 0 spiro atoms. The van der Waals surface area contributed by atoms with Gasteiger partial charge in [0, 0.05) is 4.88 Å². The van der Waals surface area contributed by atoms with Crippen LogP contribution in [-0.2, 0) is 0 Å². The first kappa shape index (κ1) is 12.6. The minimum absolute atomic E-state index is 0.0121. The monoisotopic (exact) mass is 269 g/mol. The summed E-state index contributed by atoms with van der Waals surface area (Å²) >= 11 is 7.44. The number of rotatable bonds is 3. The highest BCUT2D eigenvalue weighted by molar-refractivity contribution is 7.16. The third-order valence-corrected chi connectivity index (χ3v) is 3.86. The Kier molecular flexibility index (Phi) is 3.82. The average Bonchev–Trinajstić information content (AvgIpc) is 2.64. The molecule has 17 heavy (non-hydrogen) atoms. The molecule has 4 heteroatoms. The smallest absolute Gasteiger partial charge is 0.123 e. The zero-order valence-electron chi connectivity index (χ0n) is 9.63. The highest BCUT2D eigenvalue weighted by atomic mass is 35.5. The fraction of sp³-hybridized carbons (Fsp3) is 0.231. The van der Waals surface area contributed by atoms with Gasteiger partial charge in [0.15, 0.2) is 0 Å². The Labute approximate surface area is 109 Å². The summed E-state index contributed by atoms with van der Waals surface area (Å²) in [4.78, 5) is 1.09. The van der Waals surface area contributed by atoms with Crippen LogP contribution in [0.3, 0.4) is 0 Å². The maximum Gasteiger partial charge on any atom is 0.123 e. The number of hydrogen-bond acceptors (Lipinski definition) is 2. The maximum absolute atomic E-state index is 13.4.